The third kappa shape index (κ3) is 3.81. The maximum Gasteiger partial charge on any atom is 0.274 e. The highest BCUT2D eigenvalue weighted by Crippen LogP contribution is 2.16. The van der Waals surface area contributed by atoms with E-state index in [0.29, 0.717) is 17.2 Å². The fourth-order valence-electron chi connectivity index (χ4n) is 1.55. The summed E-state index contributed by atoms with van der Waals surface area (Å²) in [5.74, 6) is -0.308. The summed E-state index contributed by atoms with van der Waals surface area (Å²) < 4.78 is 0. The van der Waals surface area contributed by atoms with Gasteiger partial charge in [-0.3, -0.25) is 9.63 Å². The number of hydrogen-bond acceptors (Lipinski definition) is 2. The lowest BCUT2D eigenvalue weighted by molar-refractivity contribution is 0.0233. The number of halogens is 1. The summed E-state index contributed by atoms with van der Waals surface area (Å²) in [6.07, 6.45) is 0. The molecule has 19 heavy (non-hydrogen) atoms. The quantitative estimate of drug-likeness (QED) is 0.867. The Morgan fingerprint density at radius 3 is 2.63 bits per heavy atom. The summed E-state index contributed by atoms with van der Waals surface area (Å²) >= 11 is 5.97. The molecule has 0 fully saturated rings. The van der Waals surface area contributed by atoms with Crippen LogP contribution in [0.25, 0.3) is 0 Å². The topological polar surface area (TPSA) is 38.3 Å². The van der Waals surface area contributed by atoms with E-state index in [-0.39, 0.29) is 5.91 Å². The van der Waals surface area contributed by atoms with Crippen LogP contribution in [-0.4, -0.2) is 5.91 Å². The van der Waals surface area contributed by atoms with Gasteiger partial charge in [0.2, 0.25) is 0 Å². The molecule has 98 valence electrons. The van der Waals surface area contributed by atoms with Crippen LogP contribution in [0.15, 0.2) is 48.5 Å². The molecule has 0 aliphatic carbocycles. The minimum absolute atomic E-state index is 0.308. The molecule has 0 aliphatic rings. The van der Waals surface area contributed by atoms with Crippen LogP contribution >= 0.6 is 11.6 Å². The highest BCUT2D eigenvalue weighted by Gasteiger charge is 2.07. The van der Waals surface area contributed by atoms with E-state index in [0.717, 1.165) is 11.1 Å². The lowest BCUT2D eigenvalue weighted by Crippen LogP contribution is -2.23. The lowest BCUT2D eigenvalue weighted by Gasteiger charge is -2.07. The van der Waals surface area contributed by atoms with Gasteiger partial charge in [0.05, 0.1) is 6.61 Å². The van der Waals surface area contributed by atoms with Gasteiger partial charge >= 0.3 is 0 Å². The van der Waals surface area contributed by atoms with Crippen molar-refractivity contribution in [3.63, 3.8) is 0 Å². The average Bonchev–Trinajstić information content (AvgIpc) is 2.43. The van der Waals surface area contributed by atoms with Gasteiger partial charge in [-0.1, -0.05) is 48.0 Å². The molecule has 0 aliphatic heterocycles. The van der Waals surface area contributed by atoms with Crippen LogP contribution < -0.4 is 5.48 Å². The van der Waals surface area contributed by atoms with Crippen molar-refractivity contribution in [3.05, 3.63) is 70.2 Å². The van der Waals surface area contributed by atoms with Gasteiger partial charge in [0.15, 0.2) is 0 Å². The Balaban J connectivity index is 1.89. The zero-order valence-electron chi connectivity index (χ0n) is 10.5. The molecule has 2 aromatic rings. The molecular weight excluding hydrogens is 262 g/mol. The zero-order valence-corrected chi connectivity index (χ0v) is 11.3. The molecule has 4 heteroatoms. The lowest BCUT2D eigenvalue weighted by atomic mass is 10.1. The Morgan fingerprint density at radius 1 is 1.21 bits per heavy atom. The largest absolute Gasteiger partial charge is 0.274 e. The van der Waals surface area contributed by atoms with E-state index < -0.39 is 0 Å². The Hall–Kier alpha value is -1.84. The third-order valence-electron chi connectivity index (χ3n) is 2.68. The first-order valence-corrected chi connectivity index (χ1v) is 6.27. The first-order valence-electron chi connectivity index (χ1n) is 5.89. The Kier molecular flexibility index (Phi) is 4.55. The van der Waals surface area contributed by atoms with Gasteiger partial charge in [0, 0.05) is 10.6 Å². The predicted molar refractivity (Wildman–Crippen MR) is 74.9 cm³/mol. The minimum Gasteiger partial charge on any atom is -0.269 e. The molecule has 0 radical (unpaired) electrons. The molecule has 0 saturated carbocycles. The average molecular weight is 276 g/mol. The first kappa shape index (κ1) is 13.6. The van der Waals surface area contributed by atoms with Crippen LogP contribution in [0.4, 0.5) is 0 Å². The van der Waals surface area contributed by atoms with E-state index in [2.05, 4.69) is 5.48 Å². The molecule has 0 aromatic heterocycles. The number of nitrogens with one attached hydrogen (secondary N) is 1. The molecule has 2 rings (SSSR count). The normalized spacial score (nSPS) is 10.2. The molecular formula is C15H14ClNO2. The number of amides is 1. The van der Waals surface area contributed by atoms with Crippen LogP contribution in [0.1, 0.15) is 21.5 Å². The number of carbonyl (C=O) groups excluding carboxylic acids is 1. The number of benzene rings is 2. The minimum atomic E-state index is -0.308. The molecule has 0 heterocycles. The van der Waals surface area contributed by atoms with E-state index in [1.54, 1.807) is 18.2 Å². The highest BCUT2D eigenvalue weighted by atomic mass is 35.5. The molecule has 0 spiro atoms. The van der Waals surface area contributed by atoms with E-state index >= 15 is 0 Å². The van der Waals surface area contributed by atoms with Crippen molar-refractivity contribution in [1.82, 2.24) is 5.48 Å². The van der Waals surface area contributed by atoms with E-state index in [1.165, 1.54) is 0 Å². The van der Waals surface area contributed by atoms with Gasteiger partial charge in [-0.25, -0.2) is 5.48 Å². The second-order valence-electron chi connectivity index (χ2n) is 4.17. The van der Waals surface area contributed by atoms with Crippen molar-refractivity contribution in [3.8, 4) is 0 Å². The van der Waals surface area contributed by atoms with Crippen LogP contribution in [0, 0.1) is 6.92 Å². The smallest absolute Gasteiger partial charge is 0.269 e. The number of carbonyl (C=O) groups is 1. The van der Waals surface area contributed by atoms with Gasteiger partial charge in [0.1, 0.15) is 0 Å². The van der Waals surface area contributed by atoms with E-state index in [9.17, 15) is 4.79 Å². The summed E-state index contributed by atoms with van der Waals surface area (Å²) in [5, 5.41) is 0.565. The van der Waals surface area contributed by atoms with Gasteiger partial charge in [-0.15, -0.1) is 0 Å². The van der Waals surface area contributed by atoms with E-state index in [1.807, 2.05) is 37.3 Å². The highest BCUT2D eigenvalue weighted by molar-refractivity contribution is 6.31. The molecule has 0 bridgehead atoms. The number of aryl methyl sites for hydroxylation is 1. The second-order valence-corrected chi connectivity index (χ2v) is 4.58. The maximum atomic E-state index is 11.8. The van der Waals surface area contributed by atoms with Crippen molar-refractivity contribution in [1.29, 1.82) is 0 Å². The van der Waals surface area contributed by atoms with Gasteiger partial charge in [-0.2, -0.15) is 0 Å². The Bertz CT molecular complexity index is 570. The Morgan fingerprint density at radius 2 is 1.95 bits per heavy atom. The van der Waals surface area contributed by atoms with Crippen molar-refractivity contribution in [2.75, 3.05) is 0 Å². The molecule has 1 N–H and O–H groups in total. The summed E-state index contributed by atoms with van der Waals surface area (Å²) in [6.45, 7) is 2.21. The predicted octanol–water partition coefficient (Wildman–Crippen LogP) is 3.51. The SMILES string of the molecule is Cc1ccc(C(=O)NOCc2ccccc2)cc1Cl. The van der Waals surface area contributed by atoms with Crippen LogP contribution in [0.3, 0.4) is 0 Å². The third-order valence-corrected chi connectivity index (χ3v) is 3.09. The fraction of sp³-hybridized carbons (Fsp3) is 0.133. The second kappa shape index (κ2) is 6.36. The monoisotopic (exact) mass is 275 g/mol. The number of hydroxylamine groups is 1. The van der Waals surface area contributed by atoms with Gasteiger partial charge < -0.3 is 0 Å². The van der Waals surface area contributed by atoms with Crippen molar-refractivity contribution >= 4 is 17.5 Å². The Labute approximate surface area is 117 Å². The van der Waals surface area contributed by atoms with Crippen LogP contribution in [-0.2, 0) is 11.4 Å². The van der Waals surface area contributed by atoms with Gasteiger partial charge in [-0.05, 0) is 30.2 Å². The zero-order chi connectivity index (χ0) is 13.7. The van der Waals surface area contributed by atoms with Crippen molar-refractivity contribution < 1.29 is 9.63 Å². The first-order chi connectivity index (χ1) is 9.16. The molecule has 1 amide bonds. The number of hydrogen-bond donors (Lipinski definition) is 1. The standard InChI is InChI=1S/C15H14ClNO2/c1-11-7-8-13(9-14(11)16)15(18)17-19-10-12-5-3-2-4-6-12/h2-9H,10H2,1H3,(H,17,18). The van der Waals surface area contributed by atoms with Gasteiger partial charge in [0.25, 0.3) is 5.91 Å². The summed E-state index contributed by atoms with van der Waals surface area (Å²) in [7, 11) is 0. The summed E-state index contributed by atoms with van der Waals surface area (Å²) in [4.78, 5) is 17.0. The molecule has 0 unspecified atom stereocenters. The fourth-order valence-corrected chi connectivity index (χ4v) is 1.73. The van der Waals surface area contributed by atoms with Crippen LogP contribution in [0.5, 0.6) is 0 Å². The van der Waals surface area contributed by atoms with E-state index in [4.69, 9.17) is 16.4 Å². The number of rotatable bonds is 4. The van der Waals surface area contributed by atoms with Crippen LogP contribution in [0.2, 0.25) is 5.02 Å². The maximum absolute atomic E-state index is 11.8. The molecule has 3 nitrogen and oxygen atoms in total. The summed E-state index contributed by atoms with van der Waals surface area (Å²) in [5.41, 5.74) is 4.80. The molecule has 0 saturated heterocycles. The molecule has 0 atom stereocenters. The van der Waals surface area contributed by atoms with Crippen molar-refractivity contribution in [2.45, 2.75) is 13.5 Å². The van der Waals surface area contributed by atoms with Crippen molar-refractivity contribution in [2.24, 2.45) is 0 Å². The molecule has 2 aromatic carbocycles. The summed E-state index contributed by atoms with van der Waals surface area (Å²) in [6, 6.07) is 14.7.